The van der Waals surface area contributed by atoms with E-state index in [1.165, 1.54) is 5.56 Å². The molecular formula is C25H24N2O7S. The van der Waals surface area contributed by atoms with Crippen LogP contribution in [0.2, 0.25) is 0 Å². The number of rotatable bonds is 4. The largest absolute Gasteiger partial charge is 0.726 e. The van der Waals surface area contributed by atoms with Crippen LogP contribution in [0, 0.1) is 0 Å². The van der Waals surface area contributed by atoms with Crippen molar-refractivity contribution >= 4 is 27.1 Å². The summed E-state index contributed by atoms with van der Waals surface area (Å²) in [4.78, 5) is 14.9. The van der Waals surface area contributed by atoms with Crippen molar-refractivity contribution in [1.29, 1.82) is 0 Å². The average molecular weight is 497 g/mol. The lowest BCUT2D eigenvalue weighted by atomic mass is 10.1. The van der Waals surface area contributed by atoms with E-state index in [2.05, 4.69) is 27.7 Å². The Labute approximate surface area is 202 Å². The molecule has 2 aromatic carbocycles. The SMILES string of the molecule is O=S(=O)([O-])O.O=c1oc2cc(N3CCOCC3)ccc2cc1-c1cc[n+](Cc2ccccc2)cc1. The Morgan fingerprint density at radius 3 is 2.29 bits per heavy atom. The van der Waals surface area contributed by atoms with E-state index < -0.39 is 10.4 Å². The first-order chi connectivity index (χ1) is 16.8. The third-order valence-corrected chi connectivity index (χ3v) is 5.51. The van der Waals surface area contributed by atoms with Crippen LogP contribution in [0.5, 0.6) is 0 Å². The van der Waals surface area contributed by atoms with Gasteiger partial charge in [0.05, 0.1) is 18.8 Å². The van der Waals surface area contributed by atoms with E-state index in [0.29, 0.717) is 11.1 Å². The molecule has 1 aliphatic heterocycles. The van der Waals surface area contributed by atoms with E-state index in [4.69, 9.17) is 26.7 Å². The number of morpholine rings is 1. The van der Waals surface area contributed by atoms with Gasteiger partial charge in [-0.2, -0.15) is 0 Å². The van der Waals surface area contributed by atoms with E-state index in [1.807, 2.05) is 60.9 Å². The Bertz CT molecular complexity index is 1440. The van der Waals surface area contributed by atoms with Crippen LogP contribution in [-0.2, 0) is 21.7 Å². The van der Waals surface area contributed by atoms with Crippen molar-refractivity contribution in [2.24, 2.45) is 0 Å². The van der Waals surface area contributed by atoms with Crippen molar-refractivity contribution < 1.29 is 31.2 Å². The molecule has 9 nitrogen and oxygen atoms in total. The molecule has 1 fully saturated rings. The van der Waals surface area contributed by atoms with E-state index in [0.717, 1.165) is 49.5 Å². The molecule has 2 aromatic heterocycles. The zero-order chi connectivity index (χ0) is 24.8. The van der Waals surface area contributed by atoms with Gasteiger partial charge in [0.1, 0.15) is 5.58 Å². The summed E-state index contributed by atoms with van der Waals surface area (Å²) in [6.07, 6.45) is 3.99. The fourth-order valence-corrected chi connectivity index (χ4v) is 3.86. The van der Waals surface area contributed by atoms with Crippen molar-refractivity contribution in [3.05, 3.63) is 95.1 Å². The molecule has 3 heterocycles. The molecule has 1 aliphatic rings. The van der Waals surface area contributed by atoms with Gasteiger partial charge in [0.25, 0.3) is 0 Å². The first-order valence-electron chi connectivity index (χ1n) is 10.9. The second kappa shape index (κ2) is 10.8. The molecule has 5 rings (SSSR count). The predicted octanol–water partition coefficient (Wildman–Crippen LogP) is 2.64. The predicted molar refractivity (Wildman–Crippen MR) is 129 cm³/mol. The molecule has 10 heteroatoms. The molecule has 0 saturated carbocycles. The van der Waals surface area contributed by atoms with E-state index >= 15 is 0 Å². The highest BCUT2D eigenvalue weighted by Gasteiger charge is 2.14. The summed E-state index contributed by atoms with van der Waals surface area (Å²) in [5, 5.41) is 0.919. The maximum Gasteiger partial charge on any atom is 0.344 e. The molecule has 182 valence electrons. The van der Waals surface area contributed by atoms with Gasteiger partial charge in [0.2, 0.25) is 10.4 Å². The summed E-state index contributed by atoms with van der Waals surface area (Å²) in [5.74, 6) is 0. The van der Waals surface area contributed by atoms with Gasteiger partial charge >= 0.3 is 5.63 Å². The highest BCUT2D eigenvalue weighted by Crippen LogP contribution is 2.25. The molecule has 0 amide bonds. The number of fused-ring (bicyclic) bond motifs is 1. The van der Waals surface area contributed by atoms with E-state index in [-0.39, 0.29) is 5.63 Å². The van der Waals surface area contributed by atoms with Crippen LogP contribution in [-0.4, -0.2) is 43.8 Å². The van der Waals surface area contributed by atoms with Gasteiger partial charge < -0.3 is 18.6 Å². The lowest BCUT2D eigenvalue weighted by Crippen LogP contribution is -2.36. The van der Waals surface area contributed by atoms with Crippen molar-refractivity contribution in [3.8, 4) is 11.1 Å². The van der Waals surface area contributed by atoms with Crippen LogP contribution in [0.4, 0.5) is 5.69 Å². The number of pyridine rings is 1. The second-order valence-electron chi connectivity index (χ2n) is 7.94. The molecule has 0 bridgehead atoms. The first kappa shape index (κ1) is 24.6. The van der Waals surface area contributed by atoms with Gasteiger partial charge in [-0.25, -0.2) is 17.8 Å². The van der Waals surface area contributed by atoms with Gasteiger partial charge in [-0.1, -0.05) is 30.3 Å². The molecule has 1 N–H and O–H groups in total. The van der Waals surface area contributed by atoms with Crippen LogP contribution in [0.1, 0.15) is 5.56 Å². The molecule has 35 heavy (non-hydrogen) atoms. The molecule has 0 aliphatic carbocycles. The molecular weight excluding hydrogens is 472 g/mol. The number of aromatic nitrogens is 1. The van der Waals surface area contributed by atoms with Crippen molar-refractivity contribution in [2.75, 3.05) is 31.2 Å². The van der Waals surface area contributed by atoms with Crippen LogP contribution in [0.3, 0.4) is 0 Å². The second-order valence-corrected chi connectivity index (χ2v) is 8.80. The quantitative estimate of drug-likeness (QED) is 0.198. The number of benzene rings is 2. The Morgan fingerprint density at radius 1 is 0.971 bits per heavy atom. The summed E-state index contributed by atoms with van der Waals surface area (Å²) in [5.41, 5.74) is 4.02. The Kier molecular flexibility index (Phi) is 7.57. The van der Waals surface area contributed by atoms with Crippen LogP contribution >= 0.6 is 0 Å². The summed E-state index contributed by atoms with van der Waals surface area (Å²) >= 11 is 0. The third kappa shape index (κ3) is 6.96. The average Bonchev–Trinajstić information content (AvgIpc) is 2.84. The fourth-order valence-electron chi connectivity index (χ4n) is 3.86. The zero-order valence-corrected chi connectivity index (χ0v) is 19.6. The Hall–Kier alpha value is -3.57. The minimum absolute atomic E-state index is 0.317. The zero-order valence-electron chi connectivity index (χ0n) is 18.7. The number of nitrogens with zero attached hydrogens (tertiary/aromatic N) is 2. The summed E-state index contributed by atoms with van der Waals surface area (Å²) in [6.45, 7) is 3.93. The van der Waals surface area contributed by atoms with Crippen molar-refractivity contribution in [3.63, 3.8) is 0 Å². The highest BCUT2D eigenvalue weighted by molar-refractivity contribution is 7.79. The topological polar surface area (TPSA) is 124 Å². The smallest absolute Gasteiger partial charge is 0.344 e. The first-order valence-corrected chi connectivity index (χ1v) is 12.2. The molecule has 0 unspecified atom stereocenters. The van der Waals surface area contributed by atoms with Gasteiger partial charge in [-0.05, 0) is 18.2 Å². The summed E-state index contributed by atoms with van der Waals surface area (Å²) in [6, 6.07) is 22.2. The Morgan fingerprint density at radius 2 is 1.63 bits per heavy atom. The molecule has 4 aromatic rings. The minimum Gasteiger partial charge on any atom is -0.726 e. The minimum atomic E-state index is -4.92. The maximum absolute atomic E-state index is 12.7. The Balaban J connectivity index is 0.000000527. The standard InChI is InChI=1S/C25H23N2O3.H2O4S/c28-25-23(20-8-10-26(11-9-20)18-19-4-2-1-3-5-19)16-21-6-7-22(17-24(21)30-25)27-12-14-29-15-13-27;1-5(2,3)4/h1-11,16-17H,12-15,18H2;(H2,1,2,3,4)/q+1;/p-1. The normalized spacial score (nSPS) is 13.8. The molecule has 0 spiro atoms. The van der Waals surface area contributed by atoms with Crippen LogP contribution in [0.25, 0.3) is 22.1 Å². The van der Waals surface area contributed by atoms with Gasteiger partial charge in [0, 0.05) is 53.5 Å². The monoisotopic (exact) mass is 496 g/mol. The number of hydrogen-bond acceptors (Lipinski definition) is 7. The van der Waals surface area contributed by atoms with Gasteiger partial charge in [-0.15, -0.1) is 0 Å². The fraction of sp³-hybridized carbons (Fsp3) is 0.200. The lowest BCUT2D eigenvalue weighted by Gasteiger charge is -2.28. The lowest BCUT2D eigenvalue weighted by molar-refractivity contribution is -0.688. The molecule has 1 saturated heterocycles. The van der Waals surface area contributed by atoms with Crippen LogP contribution in [0.15, 0.2) is 88.3 Å². The number of anilines is 1. The van der Waals surface area contributed by atoms with Crippen molar-refractivity contribution in [2.45, 2.75) is 6.54 Å². The molecule has 0 atom stereocenters. The van der Waals surface area contributed by atoms with Crippen molar-refractivity contribution in [1.82, 2.24) is 0 Å². The van der Waals surface area contributed by atoms with Gasteiger partial charge in [0.15, 0.2) is 18.9 Å². The van der Waals surface area contributed by atoms with Crippen LogP contribution < -0.4 is 15.1 Å². The molecule has 0 radical (unpaired) electrons. The van der Waals surface area contributed by atoms with E-state index in [1.54, 1.807) is 0 Å². The summed E-state index contributed by atoms with van der Waals surface area (Å²) < 4.78 is 46.0. The maximum atomic E-state index is 12.7. The van der Waals surface area contributed by atoms with Gasteiger partial charge in [-0.3, -0.25) is 4.55 Å². The highest BCUT2D eigenvalue weighted by atomic mass is 32.3. The number of hydrogen-bond donors (Lipinski definition) is 1. The third-order valence-electron chi connectivity index (χ3n) is 5.51. The summed E-state index contributed by atoms with van der Waals surface area (Å²) in [7, 11) is -4.92. The number of ether oxygens (including phenoxy) is 1. The van der Waals surface area contributed by atoms with E-state index in [9.17, 15) is 4.79 Å².